The van der Waals surface area contributed by atoms with Gasteiger partial charge in [0.05, 0.1) is 6.61 Å². The summed E-state index contributed by atoms with van der Waals surface area (Å²) in [5.74, 6) is 1.29. The second kappa shape index (κ2) is 12.3. The van der Waals surface area contributed by atoms with Gasteiger partial charge < -0.3 is 25.4 Å². The average molecular weight is 416 g/mol. The third kappa shape index (κ3) is 7.95. The summed E-state index contributed by atoms with van der Waals surface area (Å²) in [6, 6.07) is 15.0. The summed E-state index contributed by atoms with van der Waals surface area (Å²) in [4.78, 5) is 12.9. The van der Waals surface area contributed by atoms with E-state index in [1.807, 2.05) is 43.4 Å². The predicted molar refractivity (Wildman–Crippen MR) is 113 cm³/mol. The fourth-order valence-electron chi connectivity index (χ4n) is 2.34. The number of nitrogens with one attached hydrogen (secondary N) is 1. The Hall–Kier alpha value is -2.15. The van der Waals surface area contributed by atoms with Gasteiger partial charge in [-0.2, -0.15) is 0 Å². The molecule has 2 aromatic rings. The maximum Gasteiger partial charge on any atom is 0.414 e. The highest BCUT2D eigenvalue weighted by molar-refractivity contribution is 5.85. The van der Waals surface area contributed by atoms with Crippen LogP contribution in [0.15, 0.2) is 48.5 Å². The molecule has 0 radical (unpaired) electrons. The third-order valence-corrected chi connectivity index (χ3v) is 3.73. The fraction of sp³-hybridized carbons (Fsp3) is 0.316. The molecule has 2 aromatic carbocycles. The largest absolute Gasteiger partial charge is 0.493 e. The Bertz CT molecular complexity index is 697. The molecular weight excluding hydrogens is 389 g/mol. The average Bonchev–Trinajstić information content (AvgIpc) is 2.59. The Morgan fingerprint density at radius 3 is 2.33 bits per heavy atom. The van der Waals surface area contributed by atoms with Crippen molar-refractivity contribution < 1.29 is 14.3 Å². The van der Waals surface area contributed by atoms with Crippen LogP contribution in [-0.4, -0.2) is 38.7 Å². The molecule has 0 aliphatic rings. The number of benzene rings is 2. The van der Waals surface area contributed by atoms with Gasteiger partial charge in [0, 0.05) is 38.3 Å². The molecule has 0 fully saturated rings. The number of hydrogen-bond acceptors (Lipinski definition) is 5. The van der Waals surface area contributed by atoms with Crippen molar-refractivity contribution in [3.8, 4) is 11.5 Å². The van der Waals surface area contributed by atoms with E-state index in [4.69, 9.17) is 15.2 Å². The molecule has 150 valence electrons. The molecule has 3 N–H and O–H groups in total. The van der Waals surface area contributed by atoms with Gasteiger partial charge >= 0.3 is 6.09 Å². The minimum atomic E-state index is -0.395. The van der Waals surface area contributed by atoms with E-state index in [2.05, 4.69) is 5.32 Å². The maximum atomic E-state index is 11.6. The van der Waals surface area contributed by atoms with Crippen molar-refractivity contribution >= 4 is 36.6 Å². The molecule has 8 heteroatoms. The van der Waals surface area contributed by atoms with E-state index < -0.39 is 6.09 Å². The van der Waals surface area contributed by atoms with Crippen molar-refractivity contribution in [3.05, 3.63) is 54.1 Å². The van der Waals surface area contributed by atoms with Gasteiger partial charge in [-0.15, -0.1) is 24.8 Å². The second-order valence-electron chi connectivity index (χ2n) is 5.88. The number of rotatable bonds is 7. The second-order valence-corrected chi connectivity index (χ2v) is 5.88. The minimum Gasteiger partial charge on any atom is -0.493 e. The first-order chi connectivity index (χ1) is 12.0. The van der Waals surface area contributed by atoms with E-state index in [9.17, 15) is 4.79 Å². The molecule has 1 amide bonds. The fourth-order valence-corrected chi connectivity index (χ4v) is 2.34. The van der Waals surface area contributed by atoms with Gasteiger partial charge in [0.25, 0.3) is 0 Å². The molecule has 6 nitrogen and oxygen atoms in total. The number of nitrogen functional groups attached to an aromatic ring is 1. The summed E-state index contributed by atoms with van der Waals surface area (Å²) >= 11 is 0. The zero-order chi connectivity index (χ0) is 18.2. The normalized spacial score (nSPS) is 10.8. The van der Waals surface area contributed by atoms with Gasteiger partial charge in [-0.05, 0) is 36.9 Å². The monoisotopic (exact) mass is 415 g/mol. The van der Waals surface area contributed by atoms with Crippen molar-refractivity contribution in [1.82, 2.24) is 10.2 Å². The molecule has 0 aliphatic heterocycles. The zero-order valence-electron chi connectivity index (χ0n) is 15.7. The number of carbonyl (C=O) groups excluding carboxylic acids is 1. The van der Waals surface area contributed by atoms with Crippen molar-refractivity contribution in [2.45, 2.75) is 12.5 Å². The van der Waals surface area contributed by atoms with Crippen molar-refractivity contribution in [2.24, 2.45) is 0 Å². The van der Waals surface area contributed by atoms with Crippen LogP contribution in [0, 0.1) is 0 Å². The number of carbonyl (C=O) groups is 1. The van der Waals surface area contributed by atoms with Gasteiger partial charge in [0.2, 0.25) is 0 Å². The van der Waals surface area contributed by atoms with E-state index in [-0.39, 0.29) is 30.9 Å². The van der Waals surface area contributed by atoms with Gasteiger partial charge in [-0.3, -0.25) is 0 Å². The van der Waals surface area contributed by atoms with Crippen LogP contribution in [0.4, 0.5) is 10.5 Å². The van der Waals surface area contributed by atoms with Crippen LogP contribution in [0.5, 0.6) is 11.5 Å². The zero-order valence-corrected chi connectivity index (χ0v) is 17.3. The van der Waals surface area contributed by atoms with Crippen LogP contribution in [0.25, 0.3) is 0 Å². The summed E-state index contributed by atoms with van der Waals surface area (Å²) in [7, 11) is 5.20. The quantitative estimate of drug-likeness (QED) is 0.670. The first kappa shape index (κ1) is 24.8. The predicted octanol–water partition coefficient (Wildman–Crippen LogP) is 3.90. The van der Waals surface area contributed by atoms with Gasteiger partial charge in [0.1, 0.15) is 11.5 Å². The van der Waals surface area contributed by atoms with E-state index in [0.717, 1.165) is 17.7 Å². The number of amides is 1. The lowest BCUT2D eigenvalue weighted by Gasteiger charge is -2.18. The number of nitrogens with zero attached hydrogens (tertiary/aromatic N) is 1. The van der Waals surface area contributed by atoms with Gasteiger partial charge in [-0.25, -0.2) is 4.79 Å². The van der Waals surface area contributed by atoms with Crippen molar-refractivity contribution in [2.75, 3.05) is 33.5 Å². The summed E-state index contributed by atoms with van der Waals surface area (Å²) in [6.07, 6.45) is 0.399. The first-order valence-corrected chi connectivity index (χ1v) is 8.14. The Morgan fingerprint density at radius 2 is 1.78 bits per heavy atom. The molecular formula is C19H27Cl2N3O3. The Balaban J connectivity index is 0.00000338. The number of anilines is 1. The molecule has 0 heterocycles. The van der Waals surface area contributed by atoms with Crippen LogP contribution in [0.2, 0.25) is 0 Å². The van der Waals surface area contributed by atoms with E-state index in [1.54, 1.807) is 26.2 Å². The number of hydrogen-bond donors (Lipinski definition) is 2. The smallest absolute Gasteiger partial charge is 0.414 e. The Morgan fingerprint density at radius 1 is 1.11 bits per heavy atom. The van der Waals surface area contributed by atoms with Crippen molar-refractivity contribution in [1.29, 1.82) is 0 Å². The molecule has 27 heavy (non-hydrogen) atoms. The first-order valence-electron chi connectivity index (χ1n) is 8.14. The molecule has 0 aromatic heterocycles. The summed E-state index contributed by atoms with van der Waals surface area (Å²) in [5, 5.41) is 3.27. The van der Waals surface area contributed by atoms with E-state index in [1.165, 1.54) is 4.90 Å². The number of ether oxygens (including phenoxy) is 2. The highest BCUT2D eigenvalue weighted by Crippen LogP contribution is 2.21. The van der Waals surface area contributed by atoms with Crippen LogP contribution in [-0.2, 0) is 0 Å². The van der Waals surface area contributed by atoms with Crippen LogP contribution in [0.1, 0.15) is 18.0 Å². The van der Waals surface area contributed by atoms with E-state index in [0.29, 0.717) is 18.0 Å². The van der Waals surface area contributed by atoms with Gasteiger partial charge in [-0.1, -0.05) is 18.2 Å². The Labute approximate surface area is 172 Å². The van der Waals surface area contributed by atoms with Gasteiger partial charge in [0.15, 0.2) is 0 Å². The number of nitrogens with two attached hydrogens (primary N) is 1. The standard InChI is InChI=1S/C19H25N3O3.2ClH/c1-21-18(11-12-24-17-6-4-5-15(20)13-17)14-7-9-16(10-8-14)25-19(23)22(2)3;;/h4-10,13,18,21H,11-12,20H2,1-3H3;2*1H. The van der Waals surface area contributed by atoms with E-state index >= 15 is 0 Å². The van der Waals surface area contributed by atoms with Crippen LogP contribution < -0.4 is 20.5 Å². The maximum absolute atomic E-state index is 11.6. The SMILES string of the molecule is CNC(CCOc1cccc(N)c1)c1ccc(OC(=O)N(C)C)cc1.Cl.Cl. The summed E-state index contributed by atoms with van der Waals surface area (Å²) in [6.45, 7) is 0.562. The molecule has 1 atom stereocenters. The molecule has 1 unspecified atom stereocenters. The lowest BCUT2D eigenvalue weighted by atomic mass is 10.0. The lowest BCUT2D eigenvalue weighted by molar-refractivity contribution is 0.172. The molecule has 0 saturated carbocycles. The third-order valence-electron chi connectivity index (χ3n) is 3.73. The highest BCUT2D eigenvalue weighted by atomic mass is 35.5. The van der Waals surface area contributed by atoms with Crippen LogP contribution >= 0.6 is 24.8 Å². The number of halogens is 2. The molecule has 0 spiro atoms. The minimum absolute atomic E-state index is 0. The summed E-state index contributed by atoms with van der Waals surface area (Å²) in [5.41, 5.74) is 7.53. The summed E-state index contributed by atoms with van der Waals surface area (Å²) < 4.78 is 11.0. The topological polar surface area (TPSA) is 76.8 Å². The molecule has 0 bridgehead atoms. The van der Waals surface area contributed by atoms with Crippen molar-refractivity contribution in [3.63, 3.8) is 0 Å². The molecule has 0 saturated heterocycles. The molecule has 0 aliphatic carbocycles. The lowest BCUT2D eigenvalue weighted by Crippen LogP contribution is -2.25. The highest BCUT2D eigenvalue weighted by Gasteiger charge is 2.11. The Kier molecular flexibility index (Phi) is 11.3. The van der Waals surface area contributed by atoms with Crippen LogP contribution in [0.3, 0.4) is 0 Å². The molecule has 2 rings (SSSR count).